The summed E-state index contributed by atoms with van der Waals surface area (Å²) in [5, 5.41) is 7.12. The van der Waals surface area contributed by atoms with Crippen LogP contribution in [0.1, 0.15) is 37.8 Å². The van der Waals surface area contributed by atoms with Crippen molar-refractivity contribution in [2.75, 3.05) is 27.3 Å². The van der Waals surface area contributed by atoms with Gasteiger partial charge in [0.15, 0.2) is 0 Å². The maximum absolute atomic E-state index is 13.5. The first-order chi connectivity index (χ1) is 19.4. The Labute approximate surface area is 234 Å². The summed E-state index contributed by atoms with van der Waals surface area (Å²) in [5.74, 6) is -4.08. The Kier molecular flexibility index (Phi) is 8.44. The number of ether oxygens (including phenoxy) is 2. The van der Waals surface area contributed by atoms with E-state index in [4.69, 9.17) is 19.4 Å². The van der Waals surface area contributed by atoms with Crippen LogP contribution in [0.3, 0.4) is 0 Å². The van der Waals surface area contributed by atoms with Gasteiger partial charge in [-0.2, -0.15) is 13.2 Å². The molecule has 5 rings (SSSR count). The number of halogens is 3. The summed E-state index contributed by atoms with van der Waals surface area (Å²) in [6, 6.07) is 15.6. The minimum atomic E-state index is -5.08. The third-order valence-electron chi connectivity index (χ3n) is 8.13. The van der Waals surface area contributed by atoms with E-state index in [1.165, 1.54) is 12.0 Å². The van der Waals surface area contributed by atoms with Crippen molar-refractivity contribution in [2.24, 2.45) is 11.8 Å². The number of alkyl halides is 3. The van der Waals surface area contributed by atoms with Crippen molar-refractivity contribution in [2.45, 2.75) is 43.9 Å². The molecule has 0 bridgehead atoms. The first-order valence-electron chi connectivity index (χ1n) is 13.2. The van der Waals surface area contributed by atoms with E-state index in [-0.39, 0.29) is 17.9 Å². The number of likely N-dealkylation sites (tertiary alicyclic amines) is 1. The largest absolute Gasteiger partial charge is 0.497 e. The van der Waals surface area contributed by atoms with Crippen molar-refractivity contribution >= 4 is 23.8 Å². The van der Waals surface area contributed by atoms with Crippen LogP contribution >= 0.6 is 0 Å². The predicted octanol–water partition coefficient (Wildman–Crippen LogP) is 4.07. The van der Waals surface area contributed by atoms with Crippen LogP contribution in [0, 0.1) is 11.8 Å². The van der Waals surface area contributed by atoms with Gasteiger partial charge in [0, 0.05) is 12.6 Å². The molecular formula is C29H31F3N2O7. The fourth-order valence-electron chi connectivity index (χ4n) is 6.38. The maximum atomic E-state index is 13.5. The molecule has 2 aromatic rings. The van der Waals surface area contributed by atoms with Crippen LogP contribution in [0.25, 0.3) is 11.1 Å². The molecule has 3 aliphatic rings. The number of esters is 1. The molecule has 0 aliphatic carbocycles. The minimum Gasteiger partial charge on any atom is -0.497 e. The van der Waals surface area contributed by atoms with Gasteiger partial charge in [-0.15, -0.1) is 0 Å². The number of methoxy groups -OCH3 is 2. The monoisotopic (exact) mass is 576 g/mol. The second kappa shape index (κ2) is 11.5. The third-order valence-corrected chi connectivity index (χ3v) is 8.13. The van der Waals surface area contributed by atoms with Crippen LogP contribution in [-0.4, -0.2) is 77.7 Å². The lowest BCUT2D eigenvalue weighted by Crippen LogP contribution is -2.59. The number of carbonyl (C=O) groups excluding carboxylic acids is 3. The molecular weight excluding hydrogens is 545 g/mol. The van der Waals surface area contributed by atoms with Gasteiger partial charge < -0.3 is 14.6 Å². The molecule has 9 nitrogen and oxygen atoms in total. The number of aliphatic carboxylic acids is 1. The summed E-state index contributed by atoms with van der Waals surface area (Å²) < 4.78 is 42.2. The van der Waals surface area contributed by atoms with E-state index in [1.807, 2.05) is 48.5 Å². The first kappa shape index (κ1) is 30.0. The SMILES string of the molecule is CCN1C(=O)[C@@H]2[C@@H](c3ccc(-c4ccc(OC)cc4)cc3)N3CCCC[C@@]3(C(=O)OC)[C@@H]2C1=O.O=C(O)C(F)(F)F. The number of carboxylic acid groups (broad SMARTS) is 1. The van der Waals surface area contributed by atoms with Gasteiger partial charge >= 0.3 is 18.1 Å². The van der Waals surface area contributed by atoms with Crippen LogP contribution in [0.5, 0.6) is 5.75 Å². The normalized spacial score (nSPS) is 25.6. The van der Waals surface area contributed by atoms with Gasteiger partial charge in [-0.1, -0.05) is 36.4 Å². The highest BCUT2D eigenvalue weighted by atomic mass is 19.4. The number of carbonyl (C=O) groups is 4. The standard InChI is InChI=1S/C27H30N2O5.C2HF3O2/c1-4-28-24(30)21-22(25(28)31)27(26(32)34-3)15-5-6-16-29(27)23(21)19-9-7-17(8-10-19)18-11-13-20(33-2)14-12-18;3-2(4,5)1(6)7/h7-14,21-23H,4-6,15-16H2,1-3H3;(H,6,7)/t21-,22-,23+,27-;/m0./s1. The molecule has 0 aromatic heterocycles. The highest BCUT2D eigenvalue weighted by Crippen LogP contribution is 2.58. The van der Waals surface area contributed by atoms with Gasteiger partial charge in [0.1, 0.15) is 11.3 Å². The summed E-state index contributed by atoms with van der Waals surface area (Å²) in [6.07, 6.45) is -2.82. The van der Waals surface area contributed by atoms with Crippen LogP contribution in [0.4, 0.5) is 13.2 Å². The van der Waals surface area contributed by atoms with E-state index < -0.39 is 35.5 Å². The summed E-state index contributed by atoms with van der Waals surface area (Å²) >= 11 is 0. The van der Waals surface area contributed by atoms with Crippen molar-refractivity contribution in [1.29, 1.82) is 0 Å². The lowest BCUT2D eigenvalue weighted by molar-refractivity contribution is -0.192. The van der Waals surface area contributed by atoms with Crippen LogP contribution in [0.2, 0.25) is 0 Å². The van der Waals surface area contributed by atoms with Crippen LogP contribution < -0.4 is 4.74 Å². The molecule has 1 N–H and O–H groups in total. The predicted molar refractivity (Wildman–Crippen MR) is 140 cm³/mol. The molecule has 12 heteroatoms. The molecule has 2 aromatic carbocycles. The molecule has 3 aliphatic heterocycles. The van der Waals surface area contributed by atoms with Crippen LogP contribution in [0.15, 0.2) is 48.5 Å². The average Bonchev–Trinajstić information content (AvgIpc) is 3.42. The second-order valence-electron chi connectivity index (χ2n) is 10.1. The molecule has 41 heavy (non-hydrogen) atoms. The Morgan fingerprint density at radius 1 is 0.976 bits per heavy atom. The molecule has 3 saturated heterocycles. The van der Waals surface area contributed by atoms with E-state index in [9.17, 15) is 27.6 Å². The molecule has 3 fully saturated rings. The van der Waals surface area contributed by atoms with Gasteiger partial charge in [-0.3, -0.25) is 24.2 Å². The summed E-state index contributed by atoms with van der Waals surface area (Å²) in [5.41, 5.74) is 1.96. The number of benzene rings is 2. The molecule has 3 heterocycles. The topological polar surface area (TPSA) is 113 Å². The Morgan fingerprint density at radius 3 is 2.02 bits per heavy atom. The third kappa shape index (κ3) is 5.16. The van der Waals surface area contributed by atoms with Crippen molar-refractivity contribution < 1.29 is 46.9 Å². The number of carboxylic acids is 1. The molecule has 0 radical (unpaired) electrons. The van der Waals surface area contributed by atoms with E-state index in [0.717, 1.165) is 35.3 Å². The number of piperidine rings is 1. The molecule has 4 atom stereocenters. The molecule has 0 unspecified atom stereocenters. The average molecular weight is 577 g/mol. The zero-order chi connectivity index (χ0) is 30.1. The molecule has 0 spiro atoms. The Bertz CT molecular complexity index is 1310. The van der Waals surface area contributed by atoms with Crippen molar-refractivity contribution in [3.63, 3.8) is 0 Å². The Balaban J connectivity index is 0.000000493. The van der Waals surface area contributed by atoms with E-state index in [1.54, 1.807) is 14.0 Å². The highest BCUT2D eigenvalue weighted by Gasteiger charge is 2.72. The number of rotatable bonds is 5. The number of hydrogen-bond donors (Lipinski definition) is 1. The fourth-order valence-corrected chi connectivity index (χ4v) is 6.38. The summed E-state index contributed by atoms with van der Waals surface area (Å²) in [6.45, 7) is 2.77. The van der Waals surface area contributed by atoms with Gasteiger partial charge in [-0.25, -0.2) is 4.79 Å². The maximum Gasteiger partial charge on any atom is 0.490 e. The lowest BCUT2D eigenvalue weighted by Gasteiger charge is -2.44. The van der Waals surface area contributed by atoms with Crippen molar-refractivity contribution in [3.8, 4) is 16.9 Å². The van der Waals surface area contributed by atoms with E-state index in [0.29, 0.717) is 19.5 Å². The lowest BCUT2D eigenvalue weighted by atomic mass is 9.75. The molecule has 220 valence electrons. The number of fused-ring (bicyclic) bond motifs is 3. The molecule has 2 amide bonds. The quantitative estimate of drug-likeness (QED) is 0.419. The van der Waals surface area contributed by atoms with Crippen LogP contribution in [-0.2, 0) is 23.9 Å². The van der Waals surface area contributed by atoms with Gasteiger partial charge in [0.25, 0.3) is 0 Å². The zero-order valence-corrected chi connectivity index (χ0v) is 22.8. The summed E-state index contributed by atoms with van der Waals surface area (Å²) in [7, 11) is 3.01. The van der Waals surface area contributed by atoms with Crippen molar-refractivity contribution in [3.05, 3.63) is 54.1 Å². The Hall–Kier alpha value is -3.93. The highest BCUT2D eigenvalue weighted by molar-refractivity contribution is 6.09. The van der Waals surface area contributed by atoms with E-state index in [2.05, 4.69) is 4.90 Å². The fraction of sp³-hybridized carbons (Fsp3) is 0.448. The van der Waals surface area contributed by atoms with Gasteiger partial charge in [-0.05, 0) is 61.6 Å². The first-order valence-corrected chi connectivity index (χ1v) is 13.2. The molecule has 0 saturated carbocycles. The number of amides is 2. The zero-order valence-electron chi connectivity index (χ0n) is 22.8. The second-order valence-corrected chi connectivity index (χ2v) is 10.1. The number of hydrogen-bond acceptors (Lipinski definition) is 7. The van der Waals surface area contributed by atoms with Gasteiger partial charge in [0.05, 0.1) is 26.1 Å². The Morgan fingerprint density at radius 2 is 1.54 bits per heavy atom. The van der Waals surface area contributed by atoms with E-state index >= 15 is 0 Å². The van der Waals surface area contributed by atoms with Crippen molar-refractivity contribution in [1.82, 2.24) is 9.80 Å². The number of imide groups is 1. The minimum absolute atomic E-state index is 0.181. The smallest absolute Gasteiger partial charge is 0.490 e. The van der Waals surface area contributed by atoms with Gasteiger partial charge in [0.2, 0.25) is 11.8 Å². The summed E-state index contributed by atoms with van der Waals surface area (Å²) in [4.78, 5) is 52.5. The number of nitrogens with zero attached hydrogens (tertiary/aromatic N) is 2.